The summed E-state index contributed by atoms with van der Waals surface area (Å²) in [6.45, 7) is 0.0783. The molecular weight excluding hydrogens is 242 g/mol. The van der Waals surface area contributed by atoms with Gasteiger partial charge in [0.05, 0.1) is 12.8 Å². The average molecular weight is 255 g/mol. The topological polar surface area (TPSA) is 47.6 Å². The minimum absolute atomic E-state index is 0.0783. The molecule has 4 heteroatoms. The maximum atomic E-state index is 11.3. The Labute approximate surface area is 111 Å². The average Bonchev–Trinajstić information content (AvgIpc) is 2.46. The molecular formula is C15H13NO3. The third-order valence-corrected chi connectivity index (χ3v) is 3.04. The van der Waals surface area contributed by atoms with Gasteiger partial charge in [-0.05, 0) is 35.4 Å². The molecule has 0 saturated heterocycles. The molecule has 4 nitrogen and oxygen atoms in total. The smallest absolute Gasteiger partial charge is 0.262 e. The van der Waals surface area contributed by atoms with Crippen LogP contribution in [0, 0.1) is 0 Å². The first-order valence-corrected chi connectivity index (χ1v) is 5.97. The van der Waals surface area contributed by atoms with Crippen molar-refractivity contribution in [3.8, 4) is 22.6 Å². The maximum absolute atomic E-state index is 11.3. The Morgan fingerprint density at radius 2 is 1.84 bits per heavy atom. The first-order valence-electron chi connectivity index (χ1n) is 5.97. The summed E-state index contributed by atoms with van der Waals surface area (Å²) in [5.74, 6) is 1.40. The molecule has 0 aliphatic carbocycles. The van der Waals surface area contributed by atoms with Crippen molar-refractivity contribution < 1.29 is 14.3 Å². The highest BCUT2D eigenvalue weighted by Gasteiger charge is 2.16. The highest BCUT2D eigenvalue weighted by atomic mass is 16.5. The van der Waals surface area contributed by atoms with E-state index in [1.54, 1.807) is 7.11 Å². The highest BCUT2D eigenvalue weighted by molar-refractivity contribution is 5.96. The second-order valence-corrected chi connectivity index (χ2v) is 4.28. The molecule has 3 rings (SSSR count). The van der Waals surface area contributed by atoms with Crippen LogP contribution in [-0.2, 0) is 4.79 Å². The predicted molar refractivity (Wildman–Crippen MR) is 72.6 cm³/mol. The Bertz CT molecular complexity index is 620. The summed E-state index contributed by atoms with van der Waals surface area (Å²) >= 11 is 0. The molecule has 1 heterocycles. The zero-order valence-corrected chi connectivity index (χ0v) is 10.5. The largest absolute Gasteiger partial charge is 0.497 e. The van der Waals surface area contributed by atoms with Crippen LogP contribution in [0.15, 0.2) is 42.5 Å². The molecule has 2 aromatic carbocycles. The normalized spacial score (nSPS) is 13.2. The fourth-order valence-corrected chi connectivity index (χ4v) is 2.05. The number of nitrogens with one attached hydrogen (secondary N) is 1. The van der Waals surface area contributed by atoms with Crippen LogP contribution < -0.4 is 14.8 Å². The summed E-state index contributed by atoms with van der Waals surface area (Å²) in [5.41, 5.74) is 2.79. The molecule has 0 aromatic heterocycles. The molecule has 96 valence electrons. The number of methoxy groups -OCH3 is 1. The van der Waals surface area contributed by atoms with Gasteiger partial charge in [-0.2, -0.15) is 0 Å². The van der Waals surface area contributed by atoms with Crippen molar-refractivity contribution >= 4 is 11.6 Å². The first-order chi connectivity index (χ1) is 9.26. The van der Waals surface area contributed by atoms with E-state index in [4.69, 9.17) is 9.47 Å². The van der Waals surface area contributed by atoms with Crippen LogP contribution in [0.1, 0.15) is 0 Å². The molecule has 0 saturated carbocycles. The molecule has 1 aliphatic rings. The quantitative estimate of drug-likeness (QED) is 0.897. The van der Waals surface area contributed by atoms with E-state index in [-0.39, 0.29) is 12.5 Å². The Hall–Kier alpha value is -2.49. The van der Waals surface area contributed by atoms with Gasteiger partial charge < -0.3 is 14.8 Å². The van der Waals surface area contributed by atoms with Gasteiger partial charge in [0.15, 0.2) is 6.61 Å². The van der Waals surface area contributed by atoms with Gasteiger partial charge in [0.1, 0.15) is 11.5 Å². The first kappa shape index (κ1) is 11.6. The Kier molecular flexibility index (Phi) is 2.83. The molecule has 1 N–H and O–H groups in total. The summed E-state index contributed by atoms with van der Waals surface area (Å²) in [6, 6.07) is 13.5. The lowest BCUT2D eigenvalue weighted by molar-refractivity contribution is -0.118. The van der Waals surface area contributed by atoms with Crippen LogP contribution in [0.2, 0.25) is 0 Å². The Balaban J connectivity index is 1.96. The van der Waals surface area contributed by atoms with E-state index in [1.807, 2.05) is 42.5 Å². The zero-order chi connectivity index (χ0) is 13.2. The van der Waals surface area contributed by atoms with Gasteiger partial charge >= 0.3 is 0 Å². The third kappa shape index (κ3) is 2.25. The SMILES string of the molecule is COc1ccc(-c2ccc3c(c2)NC(=O)CO3)cc1. The molecule has 1 amide bonds. The molecule has 0 radical (unpaired) electrons. The molecule has 0 fully saturated rings. The van der Waals surface area contributed by atoms with Crippen LogP contribution in [0.4, 0.5) is 5.69 Å². The van der Waals surface area contributed by atoms with Crippen molar-refractivity contribution in [1.29, 1.82) is 0 Å². The molecule has 2 aromatic rings. The van der Waals surface area contributed by atoms with Crippen LogP contribution in [-0.4, -0.2) is 19.6 Å². The van der Waals surface area contributed by atoms with Gasteiger partial charge in [0.25, 0.3) is 5.91 Å². The number of hydrogen-bond acceptors (Lipinski definition) is 3. The minimum Gasteiger partial charge on any atom is -0.497 e. The van der Waals surface area contributed by atoms with Crippen molar-refractivity contribution in [3.63, 3.8) is 0 Å². The lowest BCUT2D eigenvalue weighted by Gasteiger charge is -2.18. The van der Waals surface area contributed by atoms with E-state index < -0.39 is 0 Å². The lowest BCUT2D eigenvalue weighted by atomic mass is 10.0. The van der Waals surface area contributed by atoms with Gasteiger partial charge in [-0.25, -0.2) is 0 Å². The van der Waals surface area contributed by atoms with Crippen LogP contribution in [0.3, 0.4) is 0 Å². The molecule has 0 bridgehead atoms. The molecule has 0 spiro atoms. The van der Waals surface area contributed by atoms with Crippen molar-refractivity contribution in [2.45, 2.75) is 0 Å². The lowest BCUT2D eigenvalue weighted by Crippen LogP contribution is -2.25. The molecule has 1 aliphatic heterocycles. The maximum Gasteiger partial charge on any atom is 0.262 e. The molecule has 0 unspecified atom stereocenters. The number of carbonyl (C=O) groups excluding carboxylic acids is 1. The number of carbonyl (C=O) groups is 1. The summed E-state index contributed by atoms with van der Waals surface area (Å²) < 4.78 is 10.5. The van der Waals surface area contributed by atoms with E-state index in [0.717, 1.165) is 16.9 Å². The van der Waals surface area contributed by atoms with Crippen molar-refractivity contribution in [3.05, 3.63) is 42.5 Å². The summed E-state index contributed by atoms with van der Waals surface area (Å²) in [5, 5.41) is 2.80. The number of rotatable bonds is 2. The molecule has 0 atom stereocenters. The summed E-state index contributed by atoms with van der Waals surface area (Å²) in [4.78, 5) is 11.3. The van der Waals surface area contributed by atoms with Gasteiger partial charge in [-0.3, -0.25) is 4.79 Å². The van der Waals surface area contributed by atoms with Gasteiger partial charge in [0.2, 0.25) is 0 Å². The fraction of sp³-hybridized carbons (Fsp3) is 0.133. The van der Waals surface area contributed by atoms with Crippen LogP contribution in [0.5, 0.6) is 11.5 Å². The molecule has 19 heavy (non-hydrogen) atoms. The van der Waals surface area contributed by atoms with Crippen LogP contribution in [0.25, 0.3) is 11.1 Å². The monoisotopic (exact) mass is 255 g/mol. The number of fused-ring (bicyclic) bond motifs is 1. The number of hydrogen-bond donors (Lipinski definition) is 1. The fourth-order valence-electron chi connectivity index (χ4n) is 2.05. The summed E-state index contributed by atoms with van der Waals surface area (Å²) in [7, 11) is 1.64. The number of anilines is 1. The van der Waals surface area contributed by atoms with E-state index in [1.165, 1.54) is 0 Å². The number of amides is 1. The van der Waals surface area contributed by atoms with Gasteiger partial charge in [-0.1, -0.05) is 18.2 Å². The second kappa shape index (κ2) is 4.65. The van der Waals surface area contributed by atoms with Crippen molar-refractivity contribution in [2.24, 2.45) is 0 Å². The van der Waals surface area contributed by atoms with E-state index >= 15 is 0 Å². The van der Waals surface area contributed by atoms with Crippen molar-refractivity contribution in [2.75, 3.05) is 19.0 Å². The Morgan fingerprint density at radius 1 is 1.11 bits per heavy atom. The van der Waals surface area contributed by atoms with E-state index in [0.29, 0.717) is 11.4 Å². The minimum atomic E-state index is -0.126. The van der Waals surface area contributed by atoms with Gasteiger partial charge in [-0.15, -0.1) is 0 Å². The van der Waals surface area contributed by atoms with E-state index in [2.05, 4.69) is 5.32 Å². The number of benzene rings is 2. The predicted octanol–water partition coefficient (Wildman–Crippen LogP) is 2.69. The van der Waals surface area contributed by atoms with Crippen molar-refractivity contribution in [1.82, 2.24) is 0 Å². The third-order valence-electron chi connectivity index (χ3n) is 3.04. The van der Waals surface area contributed by atoms with Gasteiger partial charge in [0, 0.05) is 0 Å². The second-order valence-electron chi connectivity index (χ2n) is 4.28. The van der Waals surface area contributed by atoms with E-state index in [9.17, 15) is 4.79 Å². The summed E-state index contributed by atoms with van der Waals surface area (Å²) in [6.07, 6.45) is 0. The Morgan fingerprint density at radius 3 is 2.58 bits per heavy atom. The highest BCUT2D eigenvalue weighted by Crippen LogP contribution is 2.33. The number of ether oxygens (including phenoxy) is 2. The zero-order valence-electron chi connectivity index (χ0n) is 10.5. The standard InChI is InChI=1S/C15H13NO3/c1-18-12-5-2-10(3-6-12)11-4-7-14-13(8-11)16-15(17)9-19-14/h2-8H,9H2,1H3,(H,16,17). The van der Waals surface area contributed by atoms with Crippen LogP contribution >= 0.6 is 0 Å².